The Balaban J connectivity index is 4.44. The molecule has 1 unspecified atom stereocenters. The molecule has 0 saturated heterocycles. The molecule has 0 radical (unpaired) electrons. The number of nitrogens with zero attached hydrogens (tertiary/aromatic N) is 1. The van der Waals surface area contributed by atoms with Crippen molar-refractivity contribution in [1.29, 1.82) is 5.26 Å². The lowest BCUT2D eigenvalue weighted by atomic mass is 10.2. The molecule has 0 aliphatic rings. The van der Waals surface area contributed by atoms with Gasteiger partial charge in [-0.05, 0) is 6.92 Å². The Hall–Kier alpha value is -2.29. The van der Waals surface area contributed by atoms with E-state index in [0.29, 0.717) is 6.54 Å². The fraction of sp³-hybridized carbons (Fsp3) is 0.300. The summed E-state index contributed by atoms with van der Waals surface area (Å²) in [6, 6.07) is 0.626. The molecule has 1 amide bonds. The van der Waals surface area contributed by atoms with Gasteiger partial charge in [0.1, 0.15) is 17.7 Å². The smallest absolute Gasteiger partial charge is 0.325 e. The number of carboxylic acids is 1. The predicted octanol–water partition coefficient (Wildman–Crippen LogP) is -0.241. The predicted molar refractivity (Wildman–Crippen MR) is 57.1 cm³/mol. The summed E-state index contributed by atoms with van der Waals surface area (Å²) in [5.74, 6) is -1.89. The highest BCUT2D eigenvalue weighted by atomic mass is 16.4. The summed E-state index contributed by atoms with van der Waals surface area (Å²) >= 11 is 0. The molecule has 1 atom stereocenters. The van der Waals surface area contributed by atoms with E-state index in [0.717, 1.165) is 0 Å². The lowest BCUT2D eigenvalue weighted by Gasteiger charge is -2.08. The number of aliphatic carboxylic acids is 1. The van der Waals surface area contributed by atoms with Crippen molar-refractivity contribution in [3.8, 4) is 6.07 Å². The van der Waals surface area contributed by atoms with Gasteiger partial charge in [0.05, 0.1) is 0 Å². The van der Waals surface area contributed by atoms with Crippen LogP contribution < -0.4 is 10.6 Å². The summed E-state index contributed by atoms with van der Waals surface area (Å²) in [4.78, 5) is 21.8. The van der Waals surface area contributed by atoms with E-state index in [4.69, 9.17) is 10.4 Å². The molecule has 0 spiro atoms. The van der Waals surface area contributed by atoms with Gasteiger partial charge in [0.2, 0.25) is 0 Å². The Morgan fingerprint density at radius 3 is 2.69 bits per heavy atom. The van der Waals surface area contributed by atoms with Crippen molar-refractivity contribution in [1.82, 2.24) is 10.6 Å². The molecule has 0 rings (SSSR count). The molecular weight excluding hydrogens is 210 g/mol. The molecule has 6 heteroatoms. The van der Waals surface area contributed by atoms with E-state index in [2.05, 4.69) is 17.2 Å². The van der Waals surface area contributed by atoms with E-state index >= 15 is 0 Å². The second kappa shape index (κ2) is 7.06. The van der Waals surface area contributed by atoms with Crippen LogP contribution in [0.3, 0.4) is 0 Å². The molecule has 0 bridgehead atoms. The molecule has 0 aromatic rings. The molecular formula is C10H13N3O3. The fourth-order valence-corrected chi connectivity index (χ4v) is 0.729. The molecule has 3 N–H and O–H groups in total. The number of carbonyl (C=O) groups is 2. The second-order valence-corrected chi connectivity index (χ2v) is 2.90. The first-order valence-electron chi connectivity index (χ1n) is 4.51. The number of nitriles is 1. The van der Waals surface area contributed by atoms with Crippen molar-refractivity contribution in [2.75, 3.05) is 6.54 Å². The number of hydrogen-bond donors (Lipinski definition) is 3. The Kier molecular flexibility index (Phi) is 6.05. The summed E-state index contributed by atoms with van der Waals surface area (Å²) in [5, 5.41) is 22.0. The monoisotopic (exact) mass is 223 g/mol. The quantitative estimate of drug-likeness (QED) is 0.249. The summed E-state index contributed by atoms with van der Waals surface area (Å²) in [5.41, 5.74) is -0.185. The Labute approximate surface area is 93.3 Å². The van der Waals surface area contributed by atoms with Crippen LogP contribution in [0.2, 0.25) is 0 Å². The second-order valence-electron chi connectivity index (χ2n) is 2.90. The van der Waals surface area contributed by atoms with Gasteiger partial charge in [0.15, 0.2) is 0 Å². The van der Waals surface area contributed by atoms with Gasteiger partial charge >= 0.3 is 5.97 Å². The van der Waals surface area contributed by atoms with Gasteiger partial charge in [0.25, 0.3) is 5.91 Å². The molecule has 0 aromatic heterocycles. The summed E-state index contributed by atoms with van der Waals surface area (Å²) in [6.45, 7) is 5.17. The average Bonchev–Trinajstić information content (AvgIpc) is 2.24. The standard InChI is InChI=1S/C10H13N3O3/c1-3-4-12-6-8(5-11)9(14)13-7(2)10(15)16/h3,6-7,12H,1,4H2,2H3,(H,13,14)(H,15,16)/b8-6-. The molecule has 0 aliphatic carbocycles. The van der Waals surface area contributed by atoms with Crippen LogP contribution in [0, 0.1) is 11.3 Å². The van der Waals surface area contributed by atoms with Crippen LogP contribution in [0.4, 0.5) is 0 Å². The first-order chi connectivity index (χ1) is 7.52. The lowest BCUT2D eigenvalue weighted by Crippen LogP contribution is -2.39. The van der Waals surface area contributed by atoms with E-state index in [9.17, 15) is 9.59 Å². The van der Waals surface area contributed by atoms with Crippen molar-refractivity contribution in [3.63, 3.8) is 0 Å². The Morgan fingerprint density at radius 2 is 2.25 bits per heavy atom. The number of nitrogens with one attached hydrogen (secondary N) is 2. The van der Waals surface area contributed by atoms with E-state index in [1.54, 1.807) is 12.1 Å². The van der Waals surface area contributed by atoms with Crippen molar-refractivity contribution >= 4 is 11.9 Å². The number of carbonyl (C=O) groups excluding carboxylic acids is 1. The fourth-order valence-electron chi connectivity index (χ4n) is 0.729. The zero-order valence-corrected chi connectivity index (χ0v) is 8.86. The van der Waals surface area contributed by atoms with Gasteiger partial charge < -0.3 is 15.7 Å². The maximum atomic E-state index is 11.4. The van der Waals surface area contributed by atoms with Crippen LogP contribution in [0.25, 0.3) is 0 Å². The van der Waals surface area contributed by atoms with Gasteiger partial charge in [-0.25, -0.2) is 0 Å². The van der Waals surface area contributed by atoms with E-state index in [1.807, 2.05) is 0 Å². The van der Waals surface area contributed by atoms with Gasteiger partial charge in [-0.15, -0.1) is 6.58 Å². The molecule has 0 aromatic carbocycles. The first kappa shape index (κ1) is 13.7. The summed E-state index contributed by atoms with van der Waals surface area (Å²) < 4.78 is 0. The minimum Gasteiger partial charge on any atom is -0.480 e. The first-order valence-corrected chi connectivity index (χ1v) is 4.51. The topological polar surface area (TPSA) is 102 Å². The van der Waals surface area contributed by atoms with Crippen molar-refractivity contribution in [2.45, 2.75) is 13.0 Å². The number of amides is 1. The van der Waals surface area contributed by atoms with Crippen LogP contribution >= 0.6 is 0 Å². The van der Waals surface area contributed by atoms with Gasteiger partial charge in [-0.1, -0.05) is 6.08 Å². The zero-order valence-electron chi connectivity index (χ0n) is 8.86. The van der Waals surface area contributed by atoms with E-state index in [-0.39, 0.29) is 5.57 Å². The molecule has 86 valence electrons. The summed E-state index contributed by atoms with van der Waals surface area (Å²) in [7, 11) is 0. The van der Waals surface area contributed by atoms with Gasteiger partial charge in [-0.2, -0.15) is 5.26 Å². The summed E-state index contributed by atoms with van der Waals surface area (Å²) in [6.07, 6.45) is 2.77. The number of rotatable bonds is 6. The third-order valence-corrected chi connectivity index (χ3v) is 1.59. The van der Waals surface area contributed by atoms with Crippen LogP contribution in [0.15, 0.2) is 24.4 Å². The maximum absolute atomic E-state index is 11.4. The van der Waals surface area contributed by atoms with Gasteiger partial charge in [-0.3, -0.25) is 9.59 Å². The average molecular weight is 223 g/mol. The van der Waals surface area contributed by atoms with Crippen LogP contribution in [-0.2, 0) is 9.59 Å². The van der Waals surface area contributed by atoms with Crippen LogP contribution in [0.5, 0.6) is 0 Å². The largest absolute Gasteiger partial charge is 0.480 e. The Morgan fingerprint density at radius 1 is 1.62 bits per heavy atom. The third kappa shape index (κ3) is 4.81. The normalized spacial score (nSPS) is 12.1. The molecule has 16 heavy (non-hydrogen) atoms. The van der Waals surface area contributed by atoms with Gasteiger partial charge in [0, 0.05) is 12.7 Å². The molecule has 0 saturated carbocycles. The highest BCUT2D eigenvalue weighted by molar-refractivity contribution is 5.99. The zero-order chi connectivity index (χ0) is 12.6. The molecule has 0 fully saturated rings. The van der Waals surface area contributed by atoms with Crippen LogP contribution in [0.1, 0.15) is 6.92 Å². The number of carboxylic acid groups (broad SMARTS) is 1. The van der Waals surface area contributed by atoms with E-state index in [1.165, 1.54) is 13.1 Å². The Bertz CT molecular complexity index is 355. The number of hydrogen-bond acceptors (Lipinski definition) is 4. The molecule has 0 heterocycles. The van der Waals surface area contributed by atoms with Crippen LogP contribution in [-0.4, -0.2) is 29.6 Å². The van der Waals surface area contributed by atoms with Crippen molar-refractivity contribution < 1.29 is 14.7 Å². The minimum atomic E-state index is -1.16. The highest BCUT2D eigenvalue weighted by Gasteiger charge is 2.16. The van der Waals surface area contributed by atoms with E-state index < -0.39 is 17.9 Å². The third-order valence-electron chi connectivity index (χ3n) is 1.59. The highest BCUT2D eigenvalue weighted by Crippen LogP contribution is 1.92. The van der Waals surface area contributed by atoms with Crippen molar-refractivity contribution in [3.05, 3.63) is 24.4 Å². The maximum Gasteiger partial charge on any atom is 0.325 e. The van der Waals surface area contributed by atoms with Crippen molar-refractivity contribution in [2.24, 2.45) is 0 Å². The molecule has 6 nitrogen and oxygen atoms in total. The lowest BCUT2D eigenvalue weighted by molar-refractivity contribution is -0.140. The SMILES string of the molecule is C=CCN/C=C(/C#N)C(=O)NC(C)C(=O)O. The molecule has 0 aliphatic heterocycles. The minimum absolute atomic E-state index is 0.185.